The number of nitrogens with one attached hydrogen (secondary N) is 1. The van der Waals surface area contributed by atoms with Crippen molar-refractivity contribution < 1.29 is 9.53 Å². The lowest BCUT2D eigenvalue weighted by Crippen LogP contribution is -2.42. The van der Waals surface area contributed by atoms with E-state index >= 15 is 0 Å². The first-order chi connectivity index (χ1) is 9.65. The van der Waals surface area contributed by atoms with E-state index in [1.807, 2.05) is 32.0 Å². The molecule has 2 rings (SSSR count). The van der Waals surface area contributed by atoms with Crippen LogP contribution < -0.4 is 5.32 Å². The molecule has 1 N–H and O–H groups in total. The van der Waals surface area contributed by atoms with E-state index in [4.69, 9.17) is 4.74 Å². The zero-order valence-corrected chi connectivity index (χ0v) is 14.8. The molecule has 0 radical (unpaired) electrons. The number of ether oxygens (including phenoxy) is 1. The maximum atomic E-state index is 11.9. The second-order valence-electron chi connectivity index (χ2n) is 5.72. The number of carbonyl (C=O) groups excluding carboxylic acids is 1. The van der Waals surface area contributed by atoms with Gasteiger partial charge in [0.2, 0.25) is 0 Å². The van der Waals surface area contributed by atoms with Gasteiger partial charge in [0.1, 0.15) is 0 Å². The Morgan fingerprint density at radius 2 is 1.95 bits per heavy atom. The molecule has 1 aliphatic rings. The maximum Gasteiger partial charge on any atom is 0.338 e. The highest BCUT2D eigenvalue weighted by Crippen LogP contribution is 2.11. The van der Waals surface area contributed by atoms with Crippen LogP contribution in [0.2, 0.25) is 0 Å². The summed E-state index contributed by atoms with van der Waals surface area (Å²) in [7, 11) is 0. The summed E-state index contributed by atoms with van der Waals surface area (Å²) in [6.45, 7) is 9.63. The third kappa shape index (κ3) is 6.97. The monoisotopic (exact) mass is 348 g/mol. The summed E-state index contributed by atoms with van der Waals surface area (Å²) in [6, 6.07) is 7.78. The van der Waals surface area contributed by atoms with Crippen molar-refractivity contribution >= 4 is 30.8 Å². The normalized spacial score (nSPS) is 14.9. The largest absolute Gasteiger partial charge is 0.462 e. The Labute approximate surface area is 145 Å². The van der Waals surface area contributed by atoms with Crippen molar-refractivity contribution in [2.45, 2.75) is 20.4 Å². The van der Waals surface area contributed by atoms with Crippen molar-refractivity contribution in [3.05, 3.63) is 35.4 Å². The number of halogens is 2. The number of hydrogen-bond acceptors (Lipinski definition) is 4. The molecule has 0 aromatic heterocycles. The van der Waals surface area contributed by atoms with Crippen molar-refractivity contribution in [2.24, 2.45) is 5.92 Å². The SMILES string of the molecule is CC(C)COC(=O)c1cccc(CN2CCNCC2)c1.Cl.Cl. The topological polar surface area (TPSA) is 41.6 Å². The third-order valence-corrected chi connectivity index (χ3v) is 3.33. The Bertz CT molecular complexity index is 450. The number of nitrogens with zero attached hydrogens (tertiary/aromatic N) is 1. The van der Waals surface area contributed by atoms with E-state index in [9.17, 15) is 4.79 Å². The molecule has 22 heavy (non-hydrogen) atoms. The summed E-state index contributed by atoms with van der Waals surface area (Å²) >= 11 is 0. The first-order valence-corrected chi connectivity index (χ1v) is 7.34. The lowest BCUT2D eigenvalue weighted by atomic mass is 10.1. The fraction of sp³-hybridized carbons (Fsp3) is 0.562. The molecule has 0 unspecified atom stereocenters. The molecule has 0 spiro atoms. The first-order valence-electron chi connectivity index (χ1n) is 7.34. The fourth-order valence-electron chi connectivity index (χ4n) is 2.25. The van der Waals surface area contributed by atoms with E-state index in [1.165, 1.54) is 5.56 Å². The van der Waals surface area contributed by atoms with Crippen LogP contribution in [0.3, 0.4) is 0 Å². The molecule has 1 aliphatic heterocycles. The van der Waals surface area contributed by atoms with Crippen LogP contribution in [0, 0.1) is 5.92 Å². The molecule has 0 saturated carbocycles. The van der Waals surface area contributed by atoms with Gasteiger partial charge < -0.3 is 10.1 Å². The van der Waals surface area contributed by atoms with Crippen LogP contribution in [0.4, 0.5) is 0 Å². The van der Waals surface area contributed by atoms with Crippen LogP contribution in [-0.4, -0.2) is 43.7 Å². The minimum absolute atomic E-state index is 0. The van der Waals surface area contributed by atoms with Crippen molar-refractivity contribution in [1.82, 2.24) is 10.2 Å². The highest BCUT2D eigenvalue weighted by atomic mass is 35.5. The van der Waals surface area contributed by atoms with Crippen LogP contribution >= 0.6 is 24.8 Å². The van der Waals surface area contributed by atoms with Gasteiger partial charge in [-0.25, -0.2) is 4.79 Å². The molecule has 4 nitrogen and oxygen atoms in total. The van der Waals surface area contributed by atoms with E-state index in [-0.39, 0.29) is 30.8 Å². The van der Waals surface area contributed by atoms with Gasteiger partial charge in [-0.2, -0.15) is 0 Å². The summed E-state index contributed by atoms with van der Waals surface area (Å²) in [5.41, 5.74) is 1.82. The van der Waals surface area contributed by atoms with Crippen LogP contribution in [0.25, 0.3) is 0 Å². The molecular weight excluding hydrogens is 323 g/mol. The zero-order chi connectivity index (χ0) is 14.4. The Kier molecular flexibility index (Phi) is 10.4. The number of benzene rings is 1. The van der Waals surface area contributed by atoms with E-state index < -0.39 is 0 Å². The molecule has 1 fully saturated rings. The van der Waals surface area contributed by atoms with Gasteiger partial charge in [-0.3, -0.25) is 4.90 Å². The predicted octanol–water partition coefficient (Wildman–Crippen LogP) is 2.75. The Hall–Kier alpha value is -0.810. The van der Waals surface area contributed by atoms with Gasteiger partial charge >= 0.3 is 5.97 Å². The second-order valence-corrected chi connectivity index (χ2v) is 5.72. The number of hydrogen-bond donors (Lipinski definition) is 1. The summed E-state index contributed by atoms with van der Waals surface area (Å²) < 4.78 is 5.27. The van der Waals surface area contributed by atoms with Crippen molar-refractivity contribution in [2.75, 3.05) is 32.8 Å². The van der Waals surface area contributed by atoms with E-state index in [0.717, 1.165) is 32.7 Å². The van der Waals surface area contributed by atoms with Gasteiger partial charge in [0, 0.05) is 32.7 Å². The van der Waals surface area contributed by atoms with Crippen molar-refractivity contribution in [3.63, 3.8) is 0 Å². The van der Waals surface area contributed by atoms with Crippen LogP contribution in [0.1, 0.15) is 29.8 Å². The maximum absolute atomic E-state index is 11.9. The predicted molar refractivity (Wildman–Crippen MR) is 94.2 cm³/mol. The van der Waals surface area contributed by atoms with Gasteiger partial charge in [0.05, 0.1) is 12.2 Å². The highest BCUT2D eigenvalue weighted by molar-refractivity contribution is 5.89. The van der Waals surface area contributed by atoms with Gasteiger partial charge in [0.15, 0.2) is 0 Å². The zero-order valence-electron chi connectivity index (χ0n) is 13.2. The average Bonchev–Trinajstić information content (AvgIpc) is 2.46. The van der Waals surface area contributed by atoms with Crippen molar-refractivity contribution in [3.8, 4) is 0 Å². The molecule has 126 valence electrons. The molecule has 1 saturated heterocycles. The van der Waals surface area contributed by atoms with Gasteiger partial charge in [-0.05, 0) is 23.6 Å². The number of carbonyl (C=O) groups is 1. The summed E-state index contributed by atoms with van der Waals surface area (Å²) in [5, 5.41) is 3.34. The summed E-state index contributed by atoms with van der Waals surface area (Å²) in [5.74, 6) is 0.142. The van der Waals surface area contributed by atoms with Crippen LogP contribution in [-0.2, 0) is 11.3 Å². The molecular formula is C16H26Cl2N2O2. The minimum atomic E-state index is -0.221. The lowest BCUT2D eigenvalue weighted by Gasteiger charge is -2.27. The number of piperazine rings is 1. The molecule has 0 amide bonds. The smallest absolute Gasteiger partial charge is 0.338 e. The standard InChI is InChI=1S/C16H24N2O2.2ClH/c1-13(2)12-20-16(19)15-5-3-4-14(10-15)11-18-8-6-17-7-9-18;;/h3-5,10,13,17H,6-9,11-12H2,1-2H3;2*1H. The number of esters is 1. The molecule has 1 aromatic rings. The molecule has 6 heteroatoms. The quantitative estimate of drug-likeness (QED) is 0.830. The first kappa shape index (κ1) is 21.2. The number of rotatable bonds is 5. The van der Waals surface area contributed by atoms with Crippen LogP contribution in [0.5, 0.6) is 0 Å². The molecule has 0 aliphatic carbocycles. The van der Waals surface area contributed by atoms with E-state index in [2.05, 4.69) is 16.3 Å². The Morgan fingerprint density at radius 1 is 1.27 bits per heavy atom. The van der Waals surface area contributed by atoms with E-state index in [1.54, 1.807) is 0 Å². The van der Waals surface area contributed by atoms with Gasteiger partial charge in [0.25, 0.3) is 0 Å². The average molecular weight is 349 g/mol. The van der Waals surface area contributed by atoms with Gasteiger partial charge in [-0.1, -0.05) is 26.0 Å². The summed E-state index contributed by atoms with van der Waals surface area (Å²) in [6.07, 6.45) is 0. The summed E-state index contributed by atoms with van der Waals surface area (Å²) in [4.78, 5) is 14.3. The minimum Gasteiger partial charge on any atom is -0.462 e. The molecule has 1 aromatic carbocycles. The van der Waals surface area contributed by atoms with Crippen LogP contribution in [0.15, 0.2) is 24.3 Å². The second kappa shape index (κ2) is 10.8. The fourth-order valence-corrected chi connectivity index (χ4v) is 2.25. The van der Waals surface area contributed by atoms with E-state index in [0.29, 0.717) is 18.1 Å². The Morgan fingerprint density at radius 3 is 2.59 bits per heavy atom. The molecule has 1 heterocycles. The van der Waals surface area contributed by atoms with Gasteiger partial charge in [-0.15, -0.1) is 24.8 Å². The third-order valence-electron chi connectivity index (χ3n) is 3.33. The molecule has 0 atom stereocenters. The van der Waals surface area contributed by atoms with Crippen molar-refractivity contribution in [1.29, 1.82) is 0 Å². The molecule has 0 bridgehead atoms. The highest BCUT2D eigenvalue weighted by Gasteiger charge is 2.12. The lowest BCUT2D eigenvalue weighted by molar-refractivity contribution is 0.0458. The Balaban J connectivity index is 0.00000220.